The van der Waals surface area contributed by atoms with E-state index in [1.807, 2.05) is 0 Å². The van der Waals surface area contributed by atoms with E-state index in [1.54, 1.807) is 0 Å². The van der Waals surface area contributed by atoms with Gasteiger partial charge in [0.2, 0.25) is 0 Å². The lowest BCUT2D eigenvalue weighted by Gasteiger charge is -2.27. The Morgan fingerprint density at radius 2 is 1.93 bits per heavy atom. The molecule has 0 bridgehead atoms. The molecule has 2 fully saturated rings. The second-order valence-electron chi connectivity index (χ2n) is 5.51. The Balaban J connectivity index is 1.66. The molecule has 2 aliphatic rings. The average molecular weight is 210 g/mol. The summed E-state index contributed by atoms with van der Waals surface area (Å²) in [4.78, 5) is 2.55. The van der Waals surface area contributed by atoms with Crippen LogP contribution >= 0.6 is 0 Å². The normalized spacial score (nSPS) is 25.6. The van der Waals surface area contributed by atoms with Gasteiger partial charge in [0.1, 0.15) is 0 Å². The molecule has 2 heteroatoms. The summed E-state index contributed by atoms with van der Waals surface area (Å²) < 4.78 is 0. The minimum Gasteiger partial charge on any atom is -0.312 e. The number of rotatable bonds is 7. The van der Waals surface area contributed by atoms with Crippen LogP contribution in [0.1, 0.15) is 46.0 Å². The smallest absolute Gasteiger partial charge is 0.0192 e. The van der Waals surface area contributed by atoms with Crippen molar-refractivity contribution < 1.29 is 0 Å². The highest BCUT2D eigenvalue weighted by atomic mass is 15.2. The van der Waals surface area contributed by atoms with Crippen LogP contribution in [-0.4, -0.2) is 36.6 Å². The highest BCUT2D eigenvalue weighted by molar-refractivity contribution is 4.89. The molecule has 15 heavy (non-hydrogen) atoms. The topological polar surface area (TPSA) is 15.3 Å². The summed E-state index contributed by atoms with van der Waals surface area (Å²) in [5, 5.41) is 3.75. The van der Waals surface area contributed by atoms with Crippen LogP contribution in [0.3, 0.4) is 0 Å². The van der Waals surface area contributed by atoms with E-state index in [-0.39, 0.29) is 0 Å². The van der Waals surface area contributed by atoms with E-state index < -0.39 is 0 Å². The molecule has 2 rings (SSSR count). The summed E-state index contributed by atoms with van der Waals surface area (Å²) in [5.41, 5.74) is 0. The fraction of sp³-hybridized carbons (Fsp3) is 1.00. The van der Waals surface area contributed by atoms with Gasteiger partial charge in [-0.3, -0.25) is 4.90 Å². The molecule has 0 aromatic heterocycles. The van der Waals surface area contributed by atoms with Gasteiger partial charge in [-0.25, -0.2) is 0 Å². The summed E-state index contributed by atoms with van der Waals surface area (Å²) in [6, 6.07) is 2.38. The van der Waals surface area contributed by atoms with Crippen LogP contribution in [0, 0.1) is 5.92 Å². The van der Waals surface area contributed by atoms with Gasteiger partial charge >= 0.3 is 0 Å². The lowest BCUT2D eigenvalue weighted by atomic mass is 10.1. The Morgan fingerprint density at radius 3 is 2.40 bits per heavy atom. The molecule has 0 aliphatic heterocycles. The van der Waals surface area contributed by atoms with Gasteiger partial charge in [0.15, 0.2) is 0 Å². The van der Waals surface area contributed by atoms with Gasteiger partial charge in [0.25, 0.3) is 0 Å². The molecule has 0 aromatic carbocycles. The summed E-state index contributed by atoms with van der Waals surface area (Å²) in [6.45, 7) is 5.83. The van der Waals surface area contributed by atoms with Crippen LogP contribution in [-0.2, 0) is 0 Å². The molecular formula is C13H26N2. The third-order valence-electron chi connectivity index (χ3n) is 4.12. The molecule has 0 aromatic rings. The summed E-state index contributed by atoms with van der Waals surface area (Å²) in [5.74, 6) is 0.994. The van der Waals surface area contributed by atoms with E-state index >= 15 is 0 Å². The van der Waals surface area contributed by atoms with Crippen molar-refractivity contribution >= 4 is 0 Å². The van der Waals surface area contributed by atoms with Gasteiger partial charge in [-0.1, -0.05) is 6.92 Å². The molecule has 2 unspecified atom stereocenters. The van der Waals surface area contributed by atoms with E-state index in [4.69, 9.17) is 0 Å². The first-order chi connectivity index (χ1) is 7.22. The molecule has 2 saturated carbocycles. The fourth-order valence-corrected chi connectivity index (χ4v) is 2.45. The van der Waals surface area contributed by atoms with Crippen LogP contribution in [0.2, 0.25) is 0 Å². The first kappa shape index (κ1) is 11.4. The third-order valence-corrected chi connectivity index (χ3v) is 4.12. The molecule has 2 nitrogen and oxygen atoms in total. The van der Waals surface area contributed by atoms with Gasteiger partial charge in [-0.15, -0.1) is 0 Å². The number of nitrogens with one attached hydrogen (secondary N) is 1. The predicted molar refractivity (Wildman–Crippen MR) is 65.1 cm³/mol. The fourth-order valence-electron chi connectivity index (χ4n) is 2.45. The first-order valence-corrected chi connectivity index (χ1v) is 6.67. The molecule has 1 N–H and O–H groups in total. The summed E-state index contributed by atoms with van der Waals surface area (Å²) in [6.07, 6.45) is 7.04. The highest BCUT2D eigenvalue weighted by Gasteiger charge is 2.32. The van der Waals surface area contributed by atoms with E-state index in [2.05, 4.69) is 31.1 Å². The Bertz CT molecular complexity index is 197. The van der Waals surface area contributed by atoms with Crippen molar-refractivity contribution in [3.63, 3.8) is 0 Å². The molecular weight excluding hydrogens is 184 g/mol. The molecule has 2 aliphatic carbocycles. The van der Waals surface area contributed by atoms with Crippen LogP contribution in [0.4, 0.5) is 0 Å². The van der Waals surface area contributed by atoms with Crippen molar-refractivity contribution in [3.8, 4) is 0 Å². The Kier molecular flexibility index (Phi) is 3.68. The maximum Gasteiger partial charge on any atom is 0.0192 e. The van der Waals surface area contributed by atoms with Crippen LogP contribution in [0.5, 0.6) is 0 Å². The minimum absolute atomic E-state index is 0.699. The van der Waals surface area contributed by atoms with Gasteiger partial charge in [-0.2, -0.15) is 0 Å². The number of nitrogens with zero attached hydrogens (tertiary/aromatic N) is 1. The molecule has 88 valence electrons. The lowest BCUT2D eigenvalue weighted by Crippen LogP contribution is -2.43. The predicted octanol–water partition coefficient (Wildman–Crippen LogP) is 2.25. The molecule has 2 atom stereocenters. The van der Waals surface area contributed by atoms with Crippen molar-refractivity contribution in [2.75, 3.05) is 13.6 Å². The maximum absolute atomic E-state index is 3.75. The molecule has 0 spiro atoms. The van der Waals surface area contributed by atoms with Gasteiger partial charge in [0.05, 0.1) is 0 Å². The number of hydrogen-bond acceptors (Lipinski definition) is 2. The number of hydrogen-bond donors (Lipinski definition) is 1. The van der Waals surface area contributed by atoms with E-state index in [9.17, 15) is 0 Å². The van der Waals surface area contributed by atoms with Crippen molar-refractivity contribution in [1.82, 2.24) is 10.2 Å². The van der Waals surface area contributed by atoms with E-state index in [0.29, 0.717) is 6.04 Å². The Labute approximate surface area is 94.4 Å². The Hall–Kier alpha value is -0.0800. The molecule has 0 amide bonds. The Morgan fingerprint density at radius 1 is 1.27 bits per heavy atom. The zero-order valence-electron chi connectivity index (χ0n) is 10.5. The second kappa shape index (κ2) is 4.84. The minimum atomic E-state index is 0.699. The SMILES string of the molecule is CCC(NCC(C)N(C)C1CC1)C1CC1. The zero-order valence-corrected chi connectivity index (χ0v) is 10.5. The van der Waals surface area contributed by atoms with E-state index in [1.165, 1.54) is 38.6 Å². The van der Waals surface area contributed by atoms with Crippen molar-refractivity contribution in [2.24, 2.45) is 5.92 Å². The third kappa shape index (κ3) is 3.18. The van der Waals surface area contributed by atoms with Crippen LogP contribution in [0.15, 0.2) is 0 Å². The summed E-state index contributed by atoms with van der Waals surface area (Å²) >= 11 is 0. The standard InChI is InChI=1S/C13H26N2/c1-4-13(11-5-6-11)14-9-10(2)15(3)12-7-8-12/h10-14H,4-9H2,1-3H3. The summed E-state index contributed by atoms with van der Waals surface area (Å²) in [7, 11) is 2.28. The molecule has 0 heterocycles. The van der Waals surface area contributed by atoms with Crippen LogP contribution < -0.4 is 5.32 Å². The van der Waals surface area contributed by atoms with Gasteiger partial charge < -0.3 is 5.32 Å². The van der Waals surface area contributed by atoms with Gasteiger partial charge in [-0.05, 0) is 52.0 Å². The van der Waals surface area contributed by atoms with Crippen molar-refractivity contribution in [2.45, 2.75) is 64.1 Å². The first-order valence-electron chi connectivity index (χ1n) is 6.67. The van der Waals surface area contributed by atoms with Crippen molar-refractivity contribution in [1.29, 1.82) is 0 Å². The van der Waals surface area contributed by atoms with Crippen molar-refractivity contribution in [3.05, 3.63) is 0 Å². The monoisotopic (exact) mass is 210 g/mol. The number of likely N-dealkylation sites (N-methyl/N-ethyl adjacent to an activating group) is 1. The highest BCUT2D eigenvalue weighted by Crippen LogP contribution is 2.34. The van der Waals surface area contributed by atoms with Crippen LogP contribution in [0.25, 0.3) is 0 Å². The lowest BCUT2D eigenvalue weighted by molar-refractivity contribution is 0.232. The second-order valence-corrected chi connectivity index (χ2v) is 5.51. The average Bonchev–Trinajstić information content (AvgIpc) is 3.06. The largest absolute Gasteiger partial charge is 0.312 e. The quantitative estimate of drug-likeness (QED) is 0.693. The molecule has 0 saturated heterocycles. The van der Waals surface area contributed by atoms with Gasteiger partial charge in [0, 0.05) is 24.7 Å². The maximum atomic E-state index is 3.75. The molecule has 0 radical (unpaired) electrons. The van der Waals surface area contributed by atoms with E-state index in [0.717, 1.165) is 18.0 Å². The zero-order chi connectivity index (χ0) is 10.8.